The Kier molecular flexibility index (Phi) is 5.78. The van der Waals surface area contributed by atoms with E-state index < -0.39 is 0 Å². The Labute approximate surface area is 168 Å². The minimum atomic E-state index is 0.419. The highest BCUT2D eigenvalue weighted by Gasteiger charge is 2.31. The van der Waals surface area contributed by atoms with Crippen LogP contribution in [-0.4, -0.2) is 78.2 Å². The Bertz CT molecular complexity index is 747. The van der Waals surface area contributed by atoms with Crippen molar-refractivity contribution in [3.8, 4) is 0 Å². The molecule has 0 unspecified atom stereocenters. The third-order valence-corrected chi connectivity index (χ3v) is 5.92. The number of rotatable bonds is 4. The summed E-state index contributed by atoms with van der Waals surface area (Å²) in [6.45, 7) is 11.9. The van der Waals surface area contributed by atoms with Crippen LogP contribution in [0.25, 0.3) is 0 Å². The molecule has 6 heteroatoms. The summed E-state index contributed by atoms with van der Waals surface area (Å²) < 4.78 is 0. The Balaban J connectivity index is 1.45. The second-order valence-electron chi connectivity index (χ2n) is 8.29. The fourth-order valence-corrected chi connectivity index (χ4v) is 4.50. The summed E-state index contributed by atoms with van der Waals surface area (Å²) >= 11 is 0. The van der Waals surface area contributed by atoms with Crippen molar-refractivity contribution in [1.29, 1.82) is 0 Å². The molecule has 4 rings (SSSR count). The molecule has 2 atom stereocenters. The SMILES string of the molecule is C[C@@H]1CN(Cc2ccccc2)C[C@H](C)N1c1ccnc(N2CCN(C)CC2)n1. The van der Waals surface area contributed by atoms with Crippen LogP contribution in [0.3, 0.4) is 0 Å². The van der Waals surface area contributed by atoms with E-state index in [-0.39, 0.29) is 0 Å². The van der Waals surface area contributed by atoms with Crippen LogP contribution in [0.1, 0.15) is 19.4 Å². The van der Waals surface area contributed by atoms with Gasteiger partial charge in [0.15, 0.2) is 0 Å². The van der Waals surface area contributed by atoms with Crippen molar-refractivity contribution in [3.05, 3.63) is 48.2 Å². The van der Waals surface area contributed by atoms with Crippen molar-refractivity contribution < 1.29 is 0 Å². The molecule has 6 nitrogen and oxygen atoms in total. The van der Waals surface area contributed by atoms with Gasteiger partial charge in [0.25, 0.3) is 0 Å². The molecule has 2 aliphatic rings. The molecule has 150 valence electrons. The quantitative estimate of drug-likeness (QED) is 0.811. The molecule has 0 amide bonds. The summed E-state index contributed by atoms with van der Waals surface area (Å²) in [5, 5.41) is 0. The zero-order valence-electron chi connectivity index (χ0n) is 17.3. The molecule has 1 aromatic heterocycles. The van der Waals surface area contributed by atoms with E-state index in [0.29, 0.717) is 12.1 Å². The molecule has 0 radical (unpaired) electrons. The predicted octanol–water partition coefficient (Wildman–Crippen LogP) is 2.33. The highest BCUT2D eigenvalue weighted by Crippen LogP contribution is 2.25. The molecule has 0 aliphatic carbocycles. The van der Waals surface area contributed by atoms with Crippen LogP contribution >= 0.6 is 0 Å². The fourth-order valence-electron chi connectivity index (χ4n) is 4.50. The summed E-state index contributed by atoms with van der Waals surface area (Å²) in [5.41, 5.74) is 1.38. The summed E-state index contributed by atoms with van der Waals surface area (Å²) in [7, 11) is 2.17. The molecule has 2 aliphatic heterocycles. The Morgan fingerprint density at radius 2 is 1.61 bits per heavy atom. The van der Waals surface area contributed by atoms with E-state index in [9.17, 15) is 0 Å². The van der Waals surface area contributed by atoms with Gasteiger partial charge in [-0.3, -0.25) is 4.90 Å². The molecule has 1 aromatic carbocycles. The number of nitrogens with zero attached hydrogens (tertiary/aromatic N) is 6. The van der Waals surface area contributed by atoms with Crippen LogP contribution in [0.2, 0.25) is 0 Å². The van der Waals surface area contributed by atoms with Gasteiger partial charge in [-0.2, -0.15) is 4.98 Å². The maximum absolute atomic E-state index is 4.96. The van der Waals surface area contributed by atoms with Crippen molar-refractivity contribution in [1.82, 2.24) is 19.8 Å². The van der Waals surface area contributed by atoms with Gasteiger partial charge in [-0.1, -0.05) is 30.3 Å². The number of hydrogen-bond acceptors (Lipinski definition) is 6. The number of hydrogen-bond donors (Lipinski definition) is 0. The van der Waals surface area contributed by atoms with Crippen molar-refractivity contribution in [3.63, 3.8) is 0 Å². The van der Waals surface area contributed by atoms with Gasteiger partial charge in [0.2, 0.25) is 5.95 Å². The standard InChI is InChI=1S/C22H32N6/c1-18-15-26(17-20-7-5-4-6-8-20)16-19(2)28(18)21-9-10-23-22(24-21)27-13-11-25(3)12-14-27/h4-10,18-19H,11-17H2,1-3H3/t18-,19+. The fraction of sp³-hybridized carbons (Fsp3) is 0.545. The number of likely N-dealkylation sites (N-methyl/N-ethyl adjacent to an activating group) is 1. The summed E-state index contributed by atoms with van der Waals surface area (Å²) in [6, 6.07) is 13.7. The maximum Gasteiger partial charge on any atom is 0.227 e. The first kappa shape index (κ1) is 19.2. The molecule has 2 saturated heterocycles. The molecule has 28 heavy (non-hydrogen) atoms. The molecular formula is C22H32N6. The number of benzene rings is 1. The topological polar surface area (TPSA) is 38.7 Å². The molecule has 0 spiro atoms. The zero-order valence-corrected chi connectivity index (χ0v) is 17.3. The van der Waals surface area contributed by atoms with Crippen molar-refractivity contribution in [2.45, 2.75) is 32.5 Å². The Hall–Kier alpha value is -2.18. The average molecular weight is 381 g/mol. The van der Waals surface area contributed by atoms with Crippen molar-refractivity contribution >= 4 is 11.8 Å². The van der Waals surface area contributed by atoms with Crippen LogP contribution in [0.4, 0.5) is 11.8 Å². The number of piperazine rings is 2. The van der Waals surface area contributed by atoms with Gasteiger partial charge in [0.05, 0.1) is 0 Å². The van der Waals surface area contributed by atoms with Crippen LogP contribution in [-0.2, 0) is 6.54 Å². The van der Waals surface area contributed by atoms with E-state index in [4.69, 9.17) is 4.98 Å². The lowest BCUT2D eigenvalue weighted by Gasteiger charge is -2.45. The lowest BCUT2D eigenvalue weighted by atomic mass is 10.1. The molecule has 0 bridgehead atoms. The van der Waals surface area contributed by atoms with E-state index in [1.54, 1.807) is 0 Å². The van der Waals surface area contributed by atoms with Gasteiger partial charge < -0.3 is 14.7 Å². The summed E-state index contributed by atoms with van der Waals surface area (Å²) in [5.74, 6) is 1.93. The van der Waals surface area contributed by atoms with E-state index in [2.05, 4.69) is 81.9 Å². The minimum absolute atomic E-state index is 0.419. The van der Waals surface area contributed by atoms with E-state index in [1.807, 2.05) is 6.20 Å². The Morgan fingerprint density at radius 3 is 2.29 bits per heavy atom. The average Bonchev–Trinajstić information content (AvgIpc) is 2.69. The summed E-state index contributed by atoms with van der Waals surface area (Å²) in [6.07, 6.45) is 1.92. The van der Waals surface area contributed by atoms with Gasteiger partial charge in [-0.25, -0.2) is 4.98 Å². The monoisotopic (exact) mass is 380 g/mol. The normalized spacial score (nSPS) is 24.5. The second-order valence-corrected chi connectivity index (χ2v) is 8.29. The van der Waals surface area contributed by atoms with Crippen molar-refractivity contribution in [2.75, 3.05) is 56.1 Å². The molecular weight excluding hydrogens is 348 g/mol. The highest BCUT2D eigenvalue weighted by atomic mass is 15.4. The van der Waals surface area contributed by atoms with Crippen LogP contribution < -0.4 is 9.80 Å². The first-order valence-corrected chi connectivity index (χ1v) is 10.4. The lowest BCUT2D eigenvalue weighted by molar-refractivity contribution is 0.191. The van der Waals surface area contributed by atoms with Crippen LogP contribution in [0, 0.1) is 0 Å². The van der Waals surface area contributed by atoms with Gasteiger partial charge in [0.1, 0.15) is 5.82 Å². The first-order valence-electron chi connectivity index (χ1n) is 10.4. The Morgan fingerprint density at radius 1 is 0.929 bits per heavy atom. The minimum Gasteiger partial charge on any atom is -0.348 e. The van der Waals surface area contributed by atoms with Gasteiger partial charge in [-0.05, 0) is 32.5 Å². The third-order valence-electron chi connectivity index (χ3n) is 5.92. The highest BCUT2D eigenvalue weighted by molar-refractivity contribution is 5.46. The molecule has 0 N–H and O–H groups in total. The molecule has 2 fully saturated rings. The molecule has 2 aromatic rings. The molecule has 0 saturated carbocycles. The number of anilines is 2. The van der Waals surface area contributed by atoms with Crippen LogP contribution in [0.15, 0.2) is 42.6 Å². The number of aromatic nitrogens is 2. The second kappa shape index (κ2) is 8.45. The lowest BCUT2D eigenvalue weighted by Crippen LogP contribution is -2.57. The smallest absolute Gasteiger partial charge is 0.227 e. The maximum atomic E-state index is 4.96. The van der Waals surface area contributed by atoms with E-state index >= 15 is 0 Å². The summed E-state index contributed by atoms with van der Waals surface area (Å²) in [4.78, 5) is 19.2. The van der Waals surface area contributed by atoms with Gasteiger partial charge >= 0.3 is 0 Å². The largest absolute Gasteiger partial charge is 0.348 e. The van der Waals surface area contributed by atoms with E-state index in [0.717, 1.165) is 57.6 Å². The van der Waals surface area contributed by atoms with E-state index in [1.165, 1.54) is 5.56 Å². The zero-order chi connectivity index (χ0) is 19.5. The van der Waals surface area contributed by atoms with Crippen molar-refractivity contribution in [2.24, 2.45) is 0 Å². The first-order chi connectivity index (χ1) is 13.6. The van der Waals surface area contributed by atoms with Crippen LogP contribution in [0.5, 0.6) is 0 Å². The molecule has 3 heterocycles. The third kappa shape index (κ3) is 4.28. The predicted molar refractivity (Wildman–Crippen MR) is 115 cm³/mol. The van der Waals surface area contributed by atoms with Gasteiger partial charge in [-0.15, -0.1) is 0 Å². The van der Waals surface area contributed by atoms with Gasteiger partial charge in [0, 0.05) is 64.1 Å².